The molecule has 1 rings (SSSR count). The lowest BCUT2D eigenvalue weighted by Crippen LogP contribution is -2.33. The predicted molar refractivity (Wildman–Crippen MR) is 80.4 cm³/mol. The first-order valence-electron chi connectivity index (χ1n) is 7.09. The molecule has 0 saturated heterocycles. The number of nitrogens with zero attached hydrogens (tertiary/aromatic N) is 1. The molecule has 120 valence electrons. The molecule has 1 aromatic carbocycles. The number of anilines is 1. The summed E-state index contributed by atoms with van der Waals surface area (Å²) in [5.74, 6) is 0.651. The van der Waals surface area contributed by atoms with Gasteiger partial charge in [-0.25, -0.2) is 8.78 Å². The van der Waals surface area contributed by atoms with E-state index in [1.807, 2.05) is 19.9 Å². The predicted octanol–water partition coefficient (Wildman–Crippen LogP) is 2.43. The van der Waals surface area contributed by atoms with Gasteiger partial charge in [-0.1, -0.05) is 13.0 Å². The molecule has 0 spiro atoms. The molecule has 1 unspecified atom stereocenters. The summed E-state index contributed by atoms with van der Waals surface area (Å²) in [6, 6.07) is 5.32. The molecule has 0 aliphatic carbocycles. The van der Waals surface area contributed by atoms with Crippen LogP contribution in [0.25, 0.3) is 0 Å². The molecule has 6 heteroatoms. The summed E-state index contributed by atoms with van der Waals surface area (Å²) >= 11 is 0. The highest BCUT2D eigenvalue weighted by Crippen LogP contribution is 2.34. The average Bonchev–Trinajstić information content (AvgIpc) is 2.45. The molecule has 0 saturated carbocycles. The fourth-order valence-corrected chi connectivity index (χ4v) is 2.43. The Morgan fingerprint density at radius 1 is 1.38 bits per heavy atom. The van der Waals surface area contributed by atoms with Crippen LogP contribution in [-0.2, 0) is 0 Å². The van der Waals surface area contributed by atoms with Gasteiger partial charge in [-0.15, -0.1) is 0 Å². The van der Waals surface area contributed by atoms with Crippen LogP contribution < -0.4 is 15.0 Å². The van der Waals surface area contributed by atoms with Crippen molar-refractivity contribution in [2.45, 2.75) is 26.3 Å². The molecule has 0 amide bonds. The minimum Gasteiger partial charge on any atom is -0.496 e. The zero-order chi connectivity index (χ0) is 15.8. The van der Waals surface area contributed by atoms with E-state index in [0.717, 1.165) is 12.1 Å². The number of halogens is 2. The maximum absolute atomic E-state index is 12.8. The van der Waals surface area contributed by atoms with Crippen molar-refractivity contribution in [1.82, 2.24) is 5.32 Å². The van der Waals surface area contributed by atoms with Gasteiger partial charge in [0.15, 0.2) is 0 Å². The highest BCUT2D eigenvalue weighted by atomic mass is 19.3. The van der Waals surface area contributed by atoms with E-state index < -0.39 is 13.0 Å². The summed E-state index contributed by atoms with van der Waals surface area (Å²) < 4.78 is 30.9. The maximum atomic E-state index is 12.8. The lowest BCUT2D eigenvalue weighted by atomic mass is 10.0. The third-order valence-electron chi connectivity index (χ3n) is 3.28. The Morgan fingerprint density at radius 3 is 2.62 bits per heavy atom. The van der Waals surface area contributed by atoms with Crippen LogP contribution in [0.2, 0.25) is 0 Å². The van der Waals surface area contributed by atoms with Crippen LogP contribution in [0.1, 0.15) is 25.5 Å². The van der Waals surface area contributed by atoms with Gasteiger partial charge in [-0.2, -0.15) is 0 Å². The first-order chi connectivity index (χ1) is 10.0. The molecule has 0 aliphatic heterocycles. The molecule has 0 heterocycles. The number of rotatable bonds is 9. The van der Waals surface area contributed by atoms with Gasteiger partial charge in [0, 0.05) is 23.8 Å². The van der Waals surface area contributed by atoms with Gasteiger partial charge >= 0.3 is 0 Å². The minimum absolute atomic E-state index is 0.0417. The van der Waals surface area contributed by atoms with E-state index in [9.17, 15) is 8.78 Å². The van der Waals surface area contributed by atoms with Gasteiger partial charge < -0.3 is 20.1 Å². The first kappa shape index (κ1) is 17.7. The number of hydrogen-bond donors (Lipinski definition) is 2. The number of methoxy groups -OCH3 is 1. The van der Waals surface area contributed by atoms with Crippen LogP contribution in [0.5, 0.6) is 5.75 Å². The number of alkyl halides is 2. The van der Waals surface area contributed by atoms with Crippen LogP contribution in [0, 0.1) is 0 Å². The molecule has 0 bridgehead atoms. The van der Waals surface area contributed by atoms with Crippen molar-refractivity contribution < 1.29 is 18.6 Å². The van der Waals surface area contributed by atoms with Crippen LogP contribution >= 0.6 is 0 Å². The van der Waals surface area contributed by atoms with Gasteiger partial charge in [-0.05, 0) is 25.6 Å². The Hall–Kier alpha value is -1.40. The Bertz CT molecular complexity index is 430. The minimum atomic E-state index is -2.47. The van der Waals surface area contributed by atoms with Crippen molar-refractivity contribution in [1.29, 1.82) is 0 Å². The number of aliphatic hydroxyl groups is 1. The molecule has 0 radical (unpaired) electrons. The molecule has 4 nitrogen and oxygen atoms in total. The van der Waals surface area contributed by atoms with Crippen LogP contribution in [0.15, 0.2) is 18.2 Å². The summed E-state index contributed by atoms with van der Waals surface area (Å²) in [5.41, 5.74) is 1.49. The van der Waals surface area contributed by atoms with Gasteiger partial charge in [0.2, 0.25) is 0 Å². The van der Waals surface area contributed by atoms with Gasteiger partial charge in [-0.3, -0.25) is 0 Å². The average molecular weight is 302 g/mol. The Morgan fingerprint density at radius 2 is 2.10 bits per heavy atom. The molecule has 0 aliphatic rings. The van der Waals surface area contributed by atoms with E-state index in [4.69, 9.17) is 9.84 Å². The lowest BCUT2D eigenvalue weighted by Gasteiger charge is -2.29. The molecule has 21 heavy (non-hydrogen) atoms. The van der Waals surface area contributed by atoms with Crippen molar-refractivity contribution in [3.05, 3.63) is 23.8 Å². The highest BCUT2D eigenvalue weighted by Gasteiger charge is 2.21. The van der Waals surface area contributed by atoms with Crippen molar-refractivity contribution in [2.75, 3.05) is 38.3 Å². The van der Waals surface area contributed by atoms with Gasteiger partial charge in [0.05, 0.1) is 20.3 Å². The van der Waals surface area contributed by atoms with Crippen molar-refractivity contribution in [3.63, 3.8) is 0 Å². The third kappa shape index (κ3) is 4.82. The molecule has 2 N–H and O–H groups in total. The SMILES string of the molecule is CCNC(C)c1c(OC)cccc1N(CCO)CC(F)F. The molecular formula is C15H24F2N2O2. The number of benzene rings is 1. The summed E-state index contributed by atoms with van der Waals surface area (Å²) in [6.45, 7) is 4.26. The molecule has 0 aromatic heterocycles. The summed E-state index contributed by atoms with van der Waals surface area (Å²) in [5, 5.41) is 12.4. The van der Waals surface area contributed by atoms with Gasteiger partial charge in [0.25, 0.3) is 6.43 Å². The Balaban J connectivity index is 3.23. The topological polar surface area (TPSA) is 44.7 Å². The van der Waals surface area contributed by atoms with Gasteiger partial charge in [0.1, 0.15) is 5.75 Å². The van der Waals surface area contributed by atoms with Crippen molar-refractivity contribution in [3.8, 4) is 5.75 Å². The monoisotopic (exact) mass is 302 g/mol. The molecule has 1 aromatic rings. The largest absolute Gasteiger partial charge is 0.496 e. The maximum Gasteiger partial charge on any atom is 0.255 e. The highest BCUT2D eigenvalue weighted by molar-refractivity contribution is 5.61. The third-order valence-corrected chi connectivity index (χ3v) is 3.28. The number of hydrogen-bond acceptors (Lipinski definition) is 4. The van der Waals surface area contributed by atoms with Crippen LogP contribution in [-0.4, -0.2) is 44.9 Å². The fraction of sp³-hybridized carbons (Fsp3) is 0.600. The normalized spacial score (nSPS) is 12.5. The van der Waals surface area contributed by atoms with E-state index in [2.05, 4.69) is 5.32 Å². The zero-order valence-electron chi connectivity index (χ0n) is 12.8. The summed E-state index contributed by atoms with van der Waals surface area (Å²) in [4.78, 5) is 1.50. The van der Waals surface area contributed by atoms with E-state index >= 15 is 0 Å². The Labute approximate surface area is 124 Å². The fourth-order valence-electron chi connectivity index (χ4n) is 2.43. The molecule has 0 fully saturated rings. The lowest BCUT2D eigenvalue weighted by molar-refractivity contribution is 0.152. The number of aliphatic hydroxyl groups excluding tert-OH is 1. The van der Waals surface area contributed by atoms with Crippen molar-refractivity contribution in [2.24, 2.45) is 0 Å². The summed E-state index contributed by atoms with van der Waals surface area (Å²) in [6.07, 6.45) is -2.47. The quantitative estimate of drug-likeness (QED) is 0.735. The summed E-state index contributed by atoms with van der Waals surface area (Å²) in [7, 11) is 1.56. The van der Waals surface area contributed by atoms with E-state index in [1.165, 1.54) is 4.90 Å². The number of ether oxygens (including phenoxy) is 1. The smallest absolute Gasteiger partial charge is 0.255 e. The standard InChI is InChI=1S/C15H24F2N2O2/c1-4-18-11(2)15-12(6-5-7-13(15)21-3)19(8-9-20)10-14(16)17/h5-7,11,14,18,20H,4,8-10H2,1-3H3. The van der Waals surface area contributed by atoms with E-state index in [0.29, 0.717) is 11.4 Å². The van der Waals surface area contributed by atoms with Crippen LogP contribution in [0.3, 0.4) is 0 Å². The zero-order valence-corrected chi connectivity index (χ0v) is 12.8. The Kier molecular flexibility index (Phi) is 7.39. The molecular weight excluding hydrogens is 278 g/mol. The second-order valence-electron chi connectivity index (χ2n) is 4.73. The number of nitrogens with one attached hydrogen (secondary N) is 1. The molecule has 1 atom stereocenters. The second-order valence-corrected chi connectivity index (χ2v) is 4.73. The van der Waals surface area contributed by atoms with Crippen LogP contribution in [0.4, 0.5) is 14.5 Å². The second kappa shape index (κ2) is 8.79. The van der Waals surface area contributed by atoms with E-state index in [-0.39, 0.29) is 19.2 Å². The van der Waals surface area contributed by atoms with E-state index in [1.54, 1.807) is 19.2 Å². The van der Waals surface area contributed by atoms with Crippen molar-refractivity contribution >= 4 is 5.69 Å². The first-order valence-corrected chi connectivity index (χ1v) is 7.09.